The standard InChI is InChI=1S/C13H20N2O4S/c1-4-5-6-13(16)14-11-8-7-10(9-12(11)19-2)15-20(3,17)18/h7-9,15H,4-6H2,1-3H3,(H,14,16). The van der Waals surface area contributed by atoms with Crippen LogP contribution in [-0.4, -0.2) is 27.7 Å². The van der Waals surface area contributed by atoms with Crippen LogP contribution in [0, 0.1) is 0 Å². The molecule has 0 spiro atoms. The van der Waals surface area contributed by atoms with Crippen molar-refractivity contribution in [1.29, 1.82) is 0 Å². The highest BCUT2D eigenvalue weighted by atomic mass is 32.2. The minimum Gasteiger partial charge on any atom is -0.494 e. The molecule has 20 heavy (non-hydrogen) atoms. The van der Waals surface area contributed by atoms with Gasteiger partial charge in [-0.05, 0) is 18.6 Å². The number of benzene rings is 1. The Kier molecular flexibility index (Phi) is 5.82. The second-order valence-corrected chi connectivity index (χ2v) is 6.19. The molecule has 0 radical (unpaired) electrons. The molecule has 0 saturated heterocycles. The first kappa shape index (κ1) is 16.3. The van der Waals surface area contributed by atoms with Crippen molar-refractivity contribution < 1.29 is 17.9 Å². The number of methoxy groups -OCH3 is 1. The van der Waals surface area contributed by atoms with Crippen LogP contribution in [0.4, 0.5) is 11.4 Å². The summed E-state index contributed by atoms with van der Waals surface area (Å²) in [6.07, 6.45) is 3.28. The number of nitrogens with one attached hydrogen (secondary N) is 2. The summed E-state index contributed by atoms with van der Waals surface area (Å²) < 4.78 is 29.8. The third kappa shape index (κ3) is 5.48. The Morgan fingerprint density at radius 1 is 1.35 bits per heavy atom. The molecule has 0 aliphatic heterocycles. The van der Waals surface area contributed by atoms with E-state index in [2.05, 4.69) is 10.0 Å². The van der Waals surface area contributed by atoms with E-state index in [9.17, 15) is 13.2 Å². The van der Waals surface area contributed by atoms with E-state index in [0.717, 1.165) is 19.1 Å². The average molecular weight is 300 g/mol. The zero-order valence-electron chi connectivity index (χ0n) is 11.9. The van der Waals surface area contributed by atoms with E-state index in [0.29, 0.717) is 23.5 Å². The van der Waals surface area contributed by atoms with Crippen LogP contribution < -0.4 is 14.8 Å². The lowest BCUT2D eigenvalue weighted by Gasteiger charge is -2.12. The van der Waals surface area contributed by atoms with Gasteiger partial charge in [-0.15, -0.1) is 0 Å². The zero-order valence-corrected chi connectivity index (χ0v) is 12.7. The number of rotatable bonds is 7. The second kappa shape index (κ2) is 7.14. The third-order valence-electron chi connectivity index (χ3n) is 2.54. The lowest BCUT2D eigenvalue weighted by Crippen LogP contribution is -2.13. The molecule has 0 aliphatic rings. The molecule has 0 unspecified atom stereocenters. The molecule has 1 amide bonds. The number of hydrogen-bond acceptors (Lipinski definition) is 4. The summed E-state index contributed by atoms with van der Waals surface area (Å²) in [6, 6.07) is 4.70. The fourth-order valence-electron chi connectivity index (χ4n) is 1.62. The zero-order chi connectivity index (χ0) is 15.2. The molecular formula is C13H20N2O4S. The summed E-state index contributed by atoms with van der Waals surface area (Å²) in [5.74, 6) is 0.317. The van der Waals surface area contributed by atoms with Gasteiger partial charge in [-0.3, -0.25) is 9.52 Å². The van der Waals surface area contributed by atoms with E-state index >= 15 is 0 Å². The summed E-state index contributed by atoms with van der Waals surface area (Å²) in [7, 11) is -1.88. The van der Waals surface area contributed by atoms with Crippen LogP contribution in [-0.2, 0) is 14.8 Å². The molecule has 0 saturated carbocycles. The predicted molar refractivity (Wildman–Crippen MR) is 79.6 cm³/mol. The van der Waals surface area contributed by atoms with Gasteiger partial charge in [-0.1, -0.05) is 13.3 Å². The maximum Gasteiger partial charge on any atom is 0.229 e. The van der Waals surface area contributed by atoms with Crippen LogP contribution >= 0.6 is 0 Å². The molecule has 1 aromatic carbocycles. The Balaban J connectivity index is 2.85. The molecule has 112 valence electrons. The molecule has 7 heteroatoms. The van der Waals surface area contributed by atoms with Crippen LogP contribution in [0.3, 0.4) is 0 Å². The summed E-state index contributed by atoms with van der Waals surface area (Å²) >= 11 is 0. The van der Waals surface area contributed by atoms with Crippen LogP contribution in [0.2, 0.25) is 0 Å². The molecule has 0 atom stereocenters. The Morgan fingerprint density at radius 2 is 2.05 bits per heavy atom. The predicted octanol–water partition coefficient (Wildman–Crippen LogP) is 2.20. The molecule has 0 aliphatic carbocycles. The number of hydrogen-bond donors (Lipinski definition) is 2. The smallest absolute Gasteiger partial charge is 0.229 e. The SMILES string of the molecule is CCCCC(=O)Nc1ccc(NS(C)(=O)=O)cc1OC. The molecule has 0 aromatic heterocycles. The van der Waals surface area contributed by atoms with Gasteiger partial charge in [0.05, 0.1) is 24.7 Å². The van der Waals surface area contributed by atoms with Crippen molar-refractivity contribution in [3.05, 3.63) is 18.2 Å². The highest BCUT2D eigenvalue weighted by Crippen LogP contribution is 2.28. The summed E-state index contributed by atoms with van der Waals surface area (Å²) in [5, 5.41) is 2.75. The van der Waals surface area contributed by atoms with Crippen molar-refractivity contribution in [2.24, 2.45) is 0 Å². The molecule has 2 N–H and O–H groups in total. The normalized spacial score (nSPS) is 10.9. The molecule has 1 aromatic rings. The van der Waals surface area contributed by atoms with Crippen LogP contribution in [0.5, 0.6) is 5.75 Å². The van der Waals surface area contributed by atoms with Crippen LogP contribution in [0.15, 0.2) is 18.2 Å². The lowest BCUT2D eigenvalue weighted by atomic mass is 10.2. The molecular weight excluding hydrogens is 280 g/mol. The van der Waals surface area contributed by atoms with Crippen LogP contribution in [0.1, 0.15) is 26.2 Å². The van der Waals surface area contributed by atoms with Crippen molar-refractivity contribution >= 4 is 27.3 Å². The fraction of sp³-hybridized carbons (Fsp3) is 0.462. The average Bonchev–Trinajstić information content (AvgIpc) is 2.36. The van der Waals surface area contributed by atoms with Gasteiger partial charge in [0, 0.05) is 12.5 Å². The molecule has 0 bridgehead atoms. The van der Waals surface area contributed by atoms with Gasteiger partial charge in [-0.25, -0.2) is 8.42 Å². The number of anilines is 2. The first-order chi connectivity index (χ1) is 9.35. The number of carbonyl (C=O) groups excluding carboxylic acids is 1. The van der Waals surface area contributed by atoms with Gasteiger partial charge in [0.15, 0.2) is 0 Å². The highest BCUT2D eigenvalue weighted by Gasteiger charge is 2.10. The molecule has 0 heterocycles. The second-order valence-electron chi connectivity index (χ2n) is 4.44. The van der Waals surface area contributed by atoms with E-state index in [-0.39, 0.29) is 5.91 Å². The third-order valence-corrected chi connectivity index (χ3v) is 3.14. The number of unbranched alkanes of at least 4 members (excludes halogenated alkanes) is 1. The maximum absolute atomic E-state index is 11.7. The van der Waals surface area contributed by atoms with Crippen LogP contribution in [0.25, 0.3) is 0 Å². The Hall–Kier alpha value is -1.76. The number of sulfonamides is 1. The van der Waals surface area contributed by atoms with Gasteiger partial charge in [0.2, 0.25) is 15.9 Å². The summed E-state index contributed by atoms with van der Waals surface area (Å²) in [6.45, 7) is 2.01. The van der Waals surface area contributed by atoms with E-state index in [1.54, 1.807) is 12.1 Å². The van der Waals surface area contributed by atoms with Crippen molar-refractivity contribution in [3.63, 3.8) is 0 Å². The van der Waals surface area contributed by atoms with Gasteiger partial charge >= 0.3 is 0 Å². The maximum atomic E-state index is 11.7. The molecule has 0 fully saturated rings. The topological polar surface area (TPSA) is 84.5 Å². The van der Waals surface area contributed by atoms with Gasteiger partial charge in [0.25, 0.3) is 0 Å². The van der Waals surface area contributed by atoms with Crippen molar-refractivity contribution in [2.75, 3.05) is 23.4 Å². The van der Waals surface area contributed by atoms with Gasteiger partial charge in [0.1, 0.15) is 5.75 Å². The Morgan fingerprint density at radius 3 is 2.60 bits per heavy atom. The minimum atomic E-state index is -3.34. The van der Waals surface area contributed by atoms with Crippen molar-refractivity contribution in [2.45, 2.75) is 26.2 Å². The van der Waals surface area contributed by atoms with E-state index in [1.807, 2.05) is 6.92 Å². The Bertz CT molecular complexity index is 570. The molecule has 1 rings (SSSR count). The largest absolute Gasteiger partial charge is 0.494 e. The summed E-state index contributed by atoms with van der Waals surface area (Å²) in [4.78, 5) is 11.7. The quantitative estimate of drug-likeness (QED) is 0.808. The van der Waals surface area contributed by atoms with Crippen molar-refractivity contribution in [3.8, 4) is 5.75 Å². The van der Waals surface area contributed by atoms with E-state index in [1.165, 1.54) is 13.2 Å². The Labute approximate surface area is 119 Å². The van der Waals surface area contributed by atoms with Crippen molar-refractivity contribution in [1.82, 2.24) is 0 Å². The summed E-state index contributed by atoms with van der Waals surface area (Å²) in [5.41, 5.74) is 0.906. The highest BCUT2D eigenvalue weighted by molar-refractivity contribution is 7.92. The van der Waals surface area contributed by atoms with E-state index in [4.69, 9.17) is 4.74 Å². The first-order valence-electron chi connectivity index (χ1n) is 6.31. The number of ether oxygens (including phenoxy) is 1. The van der Waals surface area contributed by atoms with E-state index < -0.39 is 10.0 Å². The lowest BCUT2D eigenvalue weighted by molar-refractivity contribution is -0.116. The number of carbonyl (C=O) groups is 1. The van der Waals surface area contributed by atoms with Gasteiger partial charge < -0.3 is 10.1 Å². The minimum absolute atomic E-state index is 0.0889. The fourth-order valence-corrected chi connectivity index (χ4v) is 2.18. The number of amides is 1. The van der Waals surface area contributed by atoms with Gasteiger partial charge in [-0.2, -0.15) is 0 Å². The monoisotopic (exact) mass is 300 g/mol. The first-order valence-corrected chi connectivity index (χ1v) is 8.20. The molecule has 6 nitrogen and oxygen atoms in total.